The number of ether oxygens (including phenoxy) is 2. The molecule has 0 bridgehead atoms. The molecule has 6 rings (SSSR count). The summed E-state index contributed by atoms with van der Waals surface area (Å²) < 4.78 is 11.0. The molecule has 0 spiro atoms. The lowest BCUT2D eigenvalue weighted by Crippen LogP contribution is -2.42. The van der Waals surface area contributed by atoms with Crippen LogP contribution in [-0.4, -0.2) is 65.8 Å². The van der Waals surface area contributed by atoms with E-state index < -0.39 is 17.1 Å². The van der Waals surface area contributed by atoms with Gasteiger partial charge in [0.15, 0.2) is 6.61 Å². The number of hydrogen-bond acceptors (Lipinski definition) is 8. The Labute approximate surface area is 230 Å². The molecule has 1 N–H and O–H groups in total. The van der Waals surface area contributed by atoms with E-state index in [1.54, 1.807) is 41.3 Å². The number of H-pyrrole nitrogens is 1. The highest BCUT2D eigenvalue weighted by molar-refractivity contribution is 8.00. The Kier molecular flexibility index (Phi) is 6.77. The van der Waals surface area contributed by atoms with Gasteiger partial charge in [0, 0.05) is 28.9 Å². The van der Waals surface area contributed by atoms with E-state index in [2.05, 4.69) is 4.98 Å². The number of anilines is 1. The molecule has 196 valence electrons. The zero-order chi connectivity index (χ0) is 26.4. The van der Waals surface area contributed by atoms with Crippen LogP contribution >= 0.6 is 34.7 Å². The maximum absolute atomic E-state index is 13.7. The number of thioether (sulfide) groups is 1. The highest BCUT2D eigenvalue weighted by Crippen LogP contribution is 2.53. The predicted molar refractivity (Wildman–Crippen MR) is 143 cm³/mol. The van der Waals surface area contributed by atoms with Crippen LogP contribution < -0.4 is 14.5 Å². The molecule has 3 aliphatic heterocycles. The molecule has 1 aromatic heterocycles. The fraction of sp³-hybridized carbons (Fsp3) is 0.308. The van der Waals surface area contributed by atoms with Crippen molar-refractivity contribution in [3.05, 3.63) is 73.7 Å². The van der Waals surface area contributed by atoms with Crippen molar-refractivity contribution in [2.24, 2.45) is 5.92 Å². The van der Waals surface area contributed by atoms with Gasteiger partial charge in [-0.2, -0.15) is 0 Å². The minimum Gasteiger partial charge on any atom is -0.484 e. The van der Waals surface area contributed by atoms with Crippen LogP contribution in [0.2, 0.25) is 5.02 Å². The molecule has 2 fully saturated rings. The normalized spacial score (nSPS) is 22.8. The standard InChI is InChI=1S/C26H22ClN3O6S2/c27-15-3-5-16(6-4-15)30-24(32)20-19(21-23(28-26(34)38-21)37-22(20)25(30)33)14-1-7-17(8-2-14)36-13-18(31)29-9-11-35-12-10-29/h1-8,19-20,22H,9-13H2,(H,28,34). The molecule has 3 amide bonds. The van der Waals surface area contributed by atoms with E-state index in [1.165, 1.54) is 16.7 Å². The number of carbonyl (C=O) groups is 3. The number of thiazole rings is 1. The lowest BCUT2D eigenvalue weighted by Gasteiger charge is -2.30. The lowest BCUT2D eigenvalue weighted by molar-refractivity contribution is -0.137. The third kappa shape index (κ3) is 4.53. The minimum atomic E-state index is -0.684. The average Bonchev–Trinajstić information content (AvgIpc) is 3.43. The quantitative estimate of drug-likeness (QED) is 0.469. The van der Waals surface area contributed by atoms with Gasteiger partial charge in [-0.15, -0.1) is 0 Å². The van der Waals surface area contributed by atoms with Gasteiger partial charge in [-0.1, -0.05) is 46.8 Å². The number of hydrogen-bond donors (Lipinski definition) is 1. The van der Waals surface area contributed by atoms with Gasteiger partial charge in [-0.05, 0) is 42.0 Å². The predicted octanol–water partition coefficient (Wildman–Crippen LogP) is 3.12. The van der Waals surface area contributed by atoms with Crippen LogP contribution in [0.4, 0.5) is 5.69 Å². The molecule has 2 saturated heterocycles. The van der Waals surface area contributed by atoms with Gasteiger partial charge < -0.3 is 19.4 Å². The summed E-state index contributed by atoms with van der Waals surface area (Å²) in [5.74, 6) is -1.41. The Balaban J connectivity index is 1.27. The zero-order valence-electron chi connectivity index (χ0n) is 19.9. The van der Waals surface area contributed by atoms with E-state index >= 15 is 0 Å². The SMILES string of the molecule is O=C(COc1ccc(C2c3sc(=O)[nH]c3SC3C(=O)N(c4ccc(Cl)cc4)C(=O)C32)cc1)N1CCOCC1. The van der Waals surface area contributed by atoms with Crippen molar-refractivity contribution >= 4 is 58.1 Å². The van der Waals surface area contributed by atoms with Crippen molar-refractivity contribution < 1.29 is 23.9 Å². The number of nitrogens with zero attached hydrogens (tertiary/aromatic N) is 2. The van der Waals surface area contributed by atoms with Gasteiger partial charge in [-0.25, -0.2) is 4.90 Å². The number of benzene rings is 2. The van der Waals surface area contributed by atoms with Crippen LogP contribution in [0.1, 0.15) is 16.4 Å². The maximum atomic E-state index is 13.7. The van der Waals surface area contributed by atoms with Gasteiger partial charge in [-0.3, -0.25) is 19.2 Å². The van der Waals surface area contributed by atoms with E-state index in [4.69, 9.17) is 21.1 Å². The first-order chi connectivity index (χ1) is 18.4. The molecule has 3 atom stereocenters. The summed E-state index contributed by atoms with van der Waals surface area (Å²) in [5, 5.41) is 0.441. The number of amides is 3. The monoisotopic (exact) mass is 571 g/mol. The molecule has 0 saturated carbocycles. The maximum Gasteiger partial charge on any atom is 0.305 e. The number of carbonyl (C=O) groups excluding carboxylic acids is 3. The Morgan fingerprint density at radius 2 is 1.74 bits per heavy atom. The summed E-state index contributed by atoms with van der Waals surface area (Å²) in [6.07, 6.45) is 0. The first kappa shape index (κ1) is 25.2. The van der Waals surface area contributed by atoms with E-state index in [1.807, 2.05) is 12.1 Å². The third-order valence-corrected chi connectivity index (χ3v) is 9.53. The molecule has 38 heavy (non-hydrogen) atoms. The lowest BCUT2D eigenvalue weighted by atomic mass is 9.83. The van der Waals surface area contributed by atoms with Crippen LogP contribution in [0.15, 0.2) is 58.4 Å². The fourth-order valence-electron chi connectivity index (χ4n) is 5.04. The second-order valence-corrected chi connectivity index (χ2v) is 11.7. The van der Waals surface area contributed by atoms with Gasteiger partial charge in [0.25, 0.3) is 5.91 Å². The second-order valence-electron chi connectivity index (χ2n) is 9.09. The van der Waals surface area contributed by atoms with Crippen molar-refractivity contribution in [1.29, 1.82) is 0 Å². The van der Waals surface area contributed by atoms with Crippen molar-refractivity contribution in [2.75, 3.05) is 37.8 Å². The summed E-state index contributed by atoms with van der Waals surface area (Å²) in [7, 11) is 0. The minimum absolute atomic E-state index is 0.0866. The number of rotatable bonds is 5. The Hall–Kier alpha value is -3.12. The molecular weight excluding hydrogens is 550 g/mol. The highest BCUT2D eigenvalue weighted by Gasteiger charge is 2.56. The van der Waals surface area contributed by atoms with E-state index in [0.717, 1.165) is 21.8 Å². The number of imide groups is 1. The number of morpholine rings is 1. The van der Waals surface area contributed by atoms with Crippen LogP contribution in [0.25, 0.3) is 0 Å². The summed E-state index contributed by atoms with van der Waals surface area (Å²) in [6, 6.07) is 13.7. The first-order valence-electron chi connectivity index (χ1n) is 12.0. The molecule has 3 aliphatic rings. The van der Waals surface area contributed by atoms with E-state index in [0.29, 0.717) is 47.8 Å². The number of fused-ring (bicyclic) bond motifs is 2. The van der Waals surface area contributed by atoms with Crippen LogP contribution in [0.5, 0.6) is 5.75 Å². The molecular formula is C26H22ClN3O6S2. The van der Waals surface area contributed by atoms with Crippen molar-refractivity contribution in [1.82, 2.24) is 9.88 Å². The van der Waals surface area contributed by atoms with Crippen LogP contribution in [-0.2, 0) is 19.1 Å². The molecule has 2 aromatic carbocycles. The Bertz CT molecular complexity index is 1450. The number of nitrogens with one attached hydrogen (secondary N) is 1. The molecule has 12 heteroatoms. The number of halogens is 1. The average molecular weight is 572 g/mol. The number of aromatic amines is 1. The molecule has 4 heterocycles. The largest absolute Gasteiger partial charge is 0.484 e. The molecule has 3 unspecified atom stereocenters. The first-order valence-corrected chi connectivity index (χ1v) is 14.1. The molecule has 0 radical (unpaired) electrons. The van der Waals surface area contributed by atoms with Crippen molar-refractivity contribution in [2.45, 2.75) is 16.2 Å². The van der Waals surface area contributed by atoms with E-state index in [9.17, 15) is 19.2 Å². The Morgan fingerprint density at radius 1 is 1.03 bits per heavy atom. The molecule has 3 aromatic rings. The highest BCUT2D eigenvalue weighted by atomic mass is 35.5. The molecule has 0 aliphatic carbocycles. The van der Waals surface area contributed by atoms with Crippen molar-refractivity contribution in [3.8, 4) is 5.75 Å². The summed E-state index contributed by atoms with van der Waals surface area (Å²) in [5.41, 5.74) is 1.24. The third-order valence-electron chi connectivity index (χ3n) is 6.87. The topological polar surface area (TPSA) is 109 Å². The summed E-state index contributed by atoms with van der Waals surface area (Å²) in [4.78, 5) is 58.1. The van der Waals surface area contributed by atoms with Crippen LogP contribution in [0, 0.1) is 5.92 Å². The van der Waals surface area contributed by atoms with Gasteiger partial charge in [0.2, 0.25) is 11.8 Å². The van der Waals surface area contributed by atoms with Gasteiger partial charge >= 0.3 is 4.87 Å². The smallest absolute Gasteiger partial charge is 0.305 e. The van der Waals surface area contributed by atoms with Crippen molar-refractivity contribution in [3.63, 3.8) is 0 Å². The Morgan fingerprint density at radius 3 is 2.45 bits per heavy atom. The van der Waals surface area contributed by atoms with Gasteiger partial charge in [0.1, 0.15) is 11.0 Å². The number of aromatic nitrogens is 1. The molecule has 9 nitrogen and oxygen atoms in total. The second kappa shape index (κ2) is 10.2. The van der Waals surface area contributed by atoms with Gasteiger partial charge in [0.05, 0.1) is 29.8 Å². The van der Waals surface area contributed by atoms with Crippen LogP contribution in [0.3, 0.4) is 0 Å². The summed E-state index contributed by atoms with van der Waals surface area (Å²) >= 11 is 8.29. The fourth-order valence-corrected chi connectivity index (χ4v) is 7.68. The summed E-state index contributed by atoms with van der Waals surface area (Å²) in [6.45, 7) is 2.05. The van der Waals surface area contributed by atoms with E-state index in [-0.39, 0.29) is 29.2 Å². The zero-order valence-corrected chi connectivity index (χ0v) is 22.3.